The summed E-state index contributed by atoms with van der Waals surface area (Å²) in [7, 11) is 0. The van der Waals surface area contributed by atoms with Crippen LogP contribution in [-0.4, -0.2) is 52.8 Å². The zero-order valence-electron chi connectivity index (χ0n) is 17.2. The highest BCUT2D eigenvalue weighted by Gasteiger charge is 2.46. The summed E-state index contributed by atoms with van der Waals surface area (Å²) >= 11 is 0. The van der Waals surface area contributed by atoms with Crippen LogP contribution in [0.2, 0.25) is 0 Å². The van der Waals surface area contributed by atoms with E-state index in [-0.39, 0.29) is 39.0 Å². The Balaban J connectivity index is 1.99. The number of primary amides is 1. The number of nitrogens with two attached hydrogens (primary N) is 1. The fourth-order valence-corrected chi connectivity index (χ4v) is 3.46. The molecule has 1 aromatic rings. The third kappa shape index (κ3) is 6.45. The van der Waals surface area contributed by atoms with Crippen LogP contribution in [-0.2, 0) is 25.7 Å². The number of amides is 2. The van der Waals surface area contributed by atoms with Crippen LogP contribution < -0.4 is 5.73 Å². The molecule has 0 saturated carbocycles. The van der Waals surface area contributed by atoms with Gasteiger partial charge in [-0.2, -0.15) is 0 Å². The van der Waals surface area contributed by atoms with Crippen LogP contribution in [0.25, 0.3) is 0 Å². The van der Waals surface area contributed by atoms with Crippen molar-refractivity contribution < 1.29 is 29.0 Å². The molecule has 3 N–H and O–H groups in total. The van der Waals surface area contributed by atoms with Gasteiger partial charge in [0.15, 0.2) is 0 Å². The minimum absolute atomic E-state index is 0.152. The minimum atomic E-state index is -1.50. The molecule has 1 aliphatic rings. The lowest BCUT2D eigenvalue weighted by molar-refractivity contribution is -0.163. The summed E-state index contributed by atoms with van der Waals surface area (Å²) in [6.45, 7) is 5.86. The second-order valence-corrected chi connectivity index (χ2v) is 8.46. The number of ether oxygens (including phenoxy) is 2. The molecule has 1 aromatic carbocycles. The van der Waals surface area contributed by atoms with Crippen molar-refractivity contribution >= 4 is 18.0 Å². The average molecular weight is 406 g/mol. The summed E-state index contributed by atoms with van der Waals surface area (Å²) in [6, 6.07) is 9.32. The molecule has 1 atom stereocenters. The van der Waals surface area contributed by atoms with Gasteiger partial charge >= 0.3 is 12.1 Å². The molecule has 1 heterocycles. The van der Waals surface area contributed by atoms with Gasteiger partial charge in [-0.3, -0.25) is 9.59 Å². The van der Waals surface area contributed by atoms with E-state index in [1.165, 1.54) is 4.90 Å². The molecule has 2 rings (SSSR count). The molecular formula is C21H30N2O6. The molecule has 1 fully saturated rings. The number of likely N-dealkylation sites (tertiary alicyclic amines) is 1. The Labute approximate surface area is 171 Å². The Bertz CT molecular complexity index is 720. The molecule has 0 aliphatic carbocycles. The molecule has 1 aliphatic heterocycles. The van der Waals surface area contributed by atoms with Crippen molar-refractivity contribution in [2.75, 3.05) is 13.1 Å². The standard InChI is InChI=1S/C21H30N2O6/c1-20(2,3)29-16(24)13-21(17(25)18(22)26)9-11-23(12-10-21)19(27)28-14-15-7-5-4-6-8-15/h4-8,17,25H,9-14H2,1-3H3,(H2,22,26). The highest BCUT2D eigenvalue weighted by molar-refractivity contribution is 5.81. The summed E-state index contributed by atoms with van der Waals surface area (Å²) < 4.78 is 10.7. The number of aliphatic hydroxyl groups excluding tert-OH is 1. The van der Waals surface area contributed by atoms with E-state index in [4.69, 9.17) is 15.2 Å². The number of nitrogens with zero attached hydrogens (tertiary/aromatic N) is 1. The number of carbonyl (C=O) groups excluding carboxylic acids is 3. The lowest BCUT2D eigenvalue weighted by Crippen LogP contribution is -2.53. The Morgan fingerprint density at radius 2 is 1.76 bits per heavy atom. The molecule has 0 radical (unpaired) electrons. The van der Waals surface area contributed by atoms with Crippen molar-refractivity contribution in [1.82, 2.24) is 4.90 Å². The fraction of sp³-hybridized carbons (Fsp3) is 0.571. The molecule has 160 valence electrons. The molecule has 0 bridgehead atoms. The van der Waals surface area contributed by atoms with E-state index in [0.717, 1.165) is 5.56 Å². The summed E-state index contributed by atoms with van der Waals surface area (Å²) in [5, 5.41) is 10.4. The van der Waals surface area contributed by atoms with Gasteiger partial charge in [-0.05, 0) is 39.2 Å². The summed E-state index contributed by atoms with van der Waals surface area (Å²) in [5.41, 5.74) is 4.44. The van der Waals surface area contributed by atoms with Crippen LogP contribution >= 0.6 is 0 Å². The minimum Gasteiger partial charge on any atom is -0.460 e. The van der Waals surface area contributed by atoms with E-state index in [9.17, 15) is 19.5 Å². The van der Waals surface area contributed by atoms with Crippen molar-refractivity contribution in [2.45, 2.75) is 58.3 Å². The molecule has 29 heavy (non-hydrogen) atoms. The van der Waals surface area contributed by atoms with Gasteiger partial charge in [0.2, 0.25) is 5.91 Å². The average Bonchev–Trinajstić information content (AvgIpc) is 2.65. The van der Waals surface area contributed by atoms with E-state index < -0.39 is 35.1 Å². The molecular weight excluding hydrogens is 376 g/mol. The first kappa shape index (κ1) is 22.7. The van der Waals surface area contributed by atoms with Gasteiger partial charge in [-0.25, -0.2) is 4.79 Å². The summed E-state index contributed by atoms with van der Waals surface area (Å²) in [5.74, 6) is -1.41. The van der Waals surface area contributed by atoms with E-state index in [1.807, 2.05) is 30.3 Å². The number of hydrogen-bond donors (Lipinski definition) is 2. The molecule has 0 spiro atoms. The summed E-state index contributed by atoms with van der Waals surface area (Å²) in [6.07, 6.45) is -1.67. The normalized spacial score (nSPS) is 17.3. The number of piperidine rings is 1. The van der Waals surface area contributed by atoms with Gasteiger partial charge in [0, 0.05) is 18.5 Å². The number of aliphatic hydroxyl groups is 1. The third-order valence-electron chi connectivity index (χ3n) is 4.99. The van der Waals surface area contributed by atoms with Crippen LogP contribution in [0, 0.1) is 5.41 Å². The van der Waals surface area contributed by atoms with Crippen molar-refractivity contribution in [3.63, 3.8) is 0 Å². The van der Waals surface area contributed by atoms with Gasteiger partial charge < -0.3 is 25.2 Å². The maximum absolute atomic E-state index is 12.4. The van der Waals surface area contributed by atoms with E-state index in [1.54, 1.807) is 20.8 Å². The van der Waals surface area contributed by atoms with Crippen LogP contribution in [0.3, 0.4) is 0 Å². The van der Waals surface area contributed by atoms with Crippen LogP contribution in [0.5, 0.6) is 0 Å². The van der Waals surface area contributed by atoms with E-state index >= 15 is 0 Å². The maximum Gasteiger partial charge on any atom is 0.410 e. The zero-order chi connectivity index (χ0) is 21.7. The topological polar surface area (TPSA) is 119 Å². The number of hydrogen-bond acceptors (Lipinski definition) is 6. The predicted octanol–water partition coefficient (Wildman–Crippen LogP) is 1.98. The van der Waals surface area contributed by atoms with Crippen LogP contribution in [0.15, 0.2) is 30.3 Å². The van der Waals surface area contributed by atoms with Crippen molar-refractivity contribution in [3.05, 3.63) is 35.9 Å². The number of rotatable bonds is 6. The van der Waals surface area contributed by atoms with Crippen molar-refractivity contribution in [2.24, 2.45) is 11.1 Å². The second kappa shape index (κ2) is 9.26. The van der Waals surface area contributed by atoms with Gasteiger partial charge in [0.1, 0.15) is 18.3 Å². The van der Waals surface area contributed by atoms with Gasteiger partial charge in [0.05, 0.1) is 6.42 Å². The SMILES string of the molecule is CC(C)(C)OC(=O)CC1(C(O)C(N)=O)CCN(C(=O)OCc2ccccc2)CC1. The van der Waals surface area contributed by atoms with Crippen molar-refractivity contribution in [3.8, 4) is 0 Å². The fourth-order valence-electron chi connectivity index (χ4n) is 3.46. The number of carbonyl (C=O) groups is 3. The first-order chi connectivity index (χ1) is 13.5. The Morgan fingerprint density at radius 1 is 1.17 bits per heavy atom. The molecule has 1 unspecified atom stereocenters. The molecule has 1 saturated heterocycles. The Morgan fingerprint density at radius 3 is 2.28 bits per heavy atom. The monoisotopic (exact) mass is 406 g/mol. The molecule has 8 nitrogen and oxygen atoms in total. The Kier molecular flexibility index (Phi) is 7.24. The number of benzene rings is 1. The smallest absolute Gasteiger partial charge is 0.410 e. The van der Waals surface area contributed by atoms with Gasteiger partial charge in [-0.15, -0.1) is 0 Å². The zero-order valence-corrected chi connectivity index (χ0v) is 17.2. The highest BCUT2D eigenvalue weighted by atomic mass is 16.6. The highest BCUT2D eigenvalue weighted by Crippen LogP contribution is 2.39. The summed E-state index contributed by atoms with van der Waals surface area (Å²) in [4.78, 5) is 37.9. The lowest BCUT2D eigenvalue weighted by atomic mass is 9.71. The van der Waals surface area contributed by atoms with Crippen LogP contribution in [0.1, 0.15) is 45.6 Å². The quantitative estimate of drug-likeness (QED) is 0.697. The van der Waals surface area contributed by atoms with Crippen molar-refractivity contribution in [1.29, 1.82) is 0 Å². The second-order valence-electron chi connectivity index (χ2n) is 8.46. The lowest BCUT2D eigenvalue weighted by Gasteiger charge is -2.43. The Hall–Kier alpha value is -2.61. The van der Waals surface area contributed by atoms with E-state index in [0.29, 0.717) is 0 Å². The first-order valence-electron chi connectivity index (χ1n) is 9.67. The van der Waals surface area contributed by atoms with Gasteiger partial charge in [-0.1, -0.05) is 30.3 Å². The van der Waals surface area contributed by atoms with Crippen LogP contribution in [0.4, 0.5) is 4.79 Å². The maximum atomic E-state index is 12.4. The van der Waals surface area contributed by atoms with Gasteiger partial charge in [0.25, 0.3) is 0 Å². The molecule has 8 heteroatoms. The van der Waals surface area contributed by atoms with E-state index in [2.05, 4.69) is 0 Å². The predicted molar refractivity (Wildman–Crippen MR) is 106 cm³/mol. The third-order valence-corrected chi connectivity index (χ3v) is 4.99. The largest absolute Gasteiger partial charge is 0.460 e. The number of esters is 1. The molecule has 2 amide bonds. The molecule has 0 aromatic heterocycles. The first-order valence-corrected chi connectivity index (χ1v) is 9.67.